The lowest BCUT2D eigenvalue weighted by molar-refractivity contribution is 0.183. The Bertz CT molecular complexity index is 699. The third-order valence-electron chi connectivity index (χ3n) is 4.42. The molecule has 1 aromatic carbocycles. The zero-order valence-corrected chi connectivity index (χ0v) is 14.6. The molecule has 0 radical (unpaired) electrons. The van der Waals surface area contributed by atoms with E-state index in [1.54, 1.807) is 25.1 Å². The lowest BCUT2D eigenvalue weighted by atomic mass is 10.0. The fourth-order valence-corrected chi connectivity index (χ4v) is 3.11. The highest BCUT2D eigenvalue weighted by Gasteiger charge is 2.30. The van der Waals surface area contributed by atoms with Gasteiger partial charge in [0, 0.05) is 19.9 Å². The van der Waals surface area contributed by atoms with E-state index in [0.717, 1.165) is 30.7 Å². The third kappa shape index (κ3) is 4.11. The fraction of sp³-hybridized carbons (Fsp3) is 0.444. The summed E-state index contributed by atoms with van der Waals surface area (Å²) in [7, 11) is 3.30. The lowest BCUT2D eigenvalue weighted by Gasteiger charge is -2.25. The molecule has 7 heteroatoms. The van der Waals surface area contributed by atoms with Crippen molar-refractivity contribution in [3.05, 3.63) is 42.2 Å². The molecule has 1 saturated heterocycles. The second-order valence-electron chi connectivity index (χ2n) is 6.04. The summed E-state index contributed by atoms with van der Waals surface area (Å²) < 4.78 is 12.0. The number of methoxy groups -OCH3 is 2. The van der Waals surface area contributed by atoms with Gasteiger partial charge in [-0.25, -0.2) is 4.79 Å². The number of aromatic nitrogens is 2. The molecule has 2 aromatic rings. The number of rotatable bonds is 6. The van der Waals surface area contributed by atoms with Gasteiger partial charge < -0.3 is 19.7 Å². The summed E-state index contributed by atoms with van der Waals surface area (Å²) in [6.45, 7) is 1.99. The average Bonchev–Trinajstić information content (AvgIpc) is 3.29. The molecule has 1 aliphatic heterocycles. The molecule has 0 spiro atoms. The van der Waals surface area contributed by atoms with Crippen LogP contribution in [-0.4, -0.2) is 48.1 Å². The first-order valence-electron chi connectivity index (χ1n) is 8.44. The highest BCUT2D eigenvalue weighted by Crippen LogP contribution is 2.33. The van der Waals surface area contributed by atoms with Crippen LogP contribution < -0.4 is 10.1 Å². The maximum Gasteiger partial charge on any atom is 0.322 e. The van der Waals surface area contributed by atoms with Gasteiger partial charge in [-0.2, -0.15) is 5.10 Å². The summed E-state index contributed by atoms with van der Waals surface area (Å²) in [5.41, 5.74) is 1.82. The number of ether oxygens (including phenoxy) is 2. The van der Waals surface area contributed by atoms with E-state index >= 15 is 0 Å². The van der Waals surface area contributed by atoms with Crippen molar-refractivity contribution in [3.63, 3.8) is 0 Å². The van der Waals surface area contributed by atoms with Crippen molar-refractivity contribution >= 4 is 11.7 Å². The van der Waals surface area contributed by atoms with Crippen LogP contribution >= 0.6 is 0 Å². The number of urea groups is 1. The van der Waals surface area contributed by atoms with E-state index in [9.17, 15) is 4.79 Å². The van der Waals surface area contributed by atoms with Gasteiger partial charge in [-0.05, 0) is 30.5 Å². The summed E-state index contributed by atoms with van der Waals surface area (Å²) >= 11 is 0. The minimum absolute atomic E-state index is 0.0921. The van der Waals surface area contributed by atoms with E-state index in [-0.39, 0.29) is 12.1 Å². The molecule has 1 fully saturated rings. The van der Waals surface area contributed by atoms with Crippen molar-refractivity contribution in [1.82, 2.24) is 14.7 Å². The van der Waals surface area contributed by atoms with Gasteiger partial charge in [0.15, 0.2) is 0 Å². The monoisotopic (exact) mass is 344 g/mol. The van der Waals surface area contributed by atoms with Gasteiger partial charge in [0.05, 0.1) is 38.2 Å². The smallest absolute Gasteiger partial charge is 0.322 e. The van der Waals surface area contributed by atoms with Crippen LogP contribution in [0.1, 0.15) is 24.4 Å². The Morgan fingerprint density at radius 2 is 2.12 bits per heavy atom. The molecule has 1 unspecified atom stereocenters. The molecule has 0 aliphatic carbocycles. The summed E-state index contributed by atoms with van der Waals surface area (Å²) in [6, 6.07) is 7.92. The Morgan fingerprint density at radius 3 is 2.84 bits per heavy atom. The van der Waals surface area contributed by atoms with Crippen LogP contribution in [0.4, 0.5) is 10.5 Å². The molecule has 2 heterocycles. The number of hydrogen-bond donors (Lipinski definition) is 1. The van der Waals surface area contributed by atoms with E-state index in [0.29, 0.717) is 18.8 Å². The van der Waals surface area contributed by atoms with Crippen LogP contribution in [0, 0.1) is 0 Å². The number of likely N-dealkylation sites (tertiary alicyclic amines) is 1. The second kappa shape index (κ2) is 8.02. The molecule has 25 heavy (non-hydrogen) atoms. The average molecular weight is 344 g/mol. The molecular weight excluding hydrogens is 320 g/mol. The zero-order valence-electron chi connectivity index (χ0n) is 14.6. The Balaban J connectivity index is 1.64. The van der Waals surface area contributed by atoms with Crippen molar-refractivity contribution in [2.45, 2.75) is 25.4 Å². The van der Waals surface area contributed by atoms with Gasteiger partial charge in [-0.1, -0.05) is 12.1 Å². The van der Waals surface area contributed by atoms with Gasteiger partial charge >= 0.3 is 6.03 Å². The molecule has 3 rings (SSSR count). The standard InChI is InChI=1S/C18H24N4O3/c1-24-11-10-21-13-15(12-19-21)20-18(23)22-9-3-4-17(22)14-5-7-16(25-2)8-6-14/h5-8,12-13,17H,3-4,9-11H2,1-2H3,(H,20,23). The van der Waals surface area contributed by atoms with Crippen LogP contribution in [0.2, 0.25) is 0 Å². The number of benzene rings is 1. The highest BCUT2D eigenvalue weighted by atomic mass is 16.5. The molecule has 1 aliphatic rings. The van der Waals surface area contributed by atoms with Crippen LogP contribution in [0.5, 0.6) is 5.75 Å². The summed E-state index contributed by atoms with van der Waals surface area (Å²) in [5, 5.41) is 7.16. The van der Waals surface area contributed by atoms with Gasteiger partial charge in [0.1, 0.15) is 5.75 Å². The summed E-state index contributed by atoms with van der Waals surface area (Å²) in [5.74, 6) is 0.821. The maximum absolute atomic E-state index is 12.7. The summed E-state index contributed by atoms with van der Waals surface area (Å²) in [4.78, 5) is 14.6. The number of nitrogens with one attached hydrogen (secondary N) is 1. The van der Waals surface area contributed by atoms with Crippen molar-refractivity contribution < 1.29 is 14.3 Å². The number of carbonyl (C=O) groups is 1. The highest BCUT2D eigenvalue weighted by molar-refractivity contribution is 5.89. The molecule has 0 bridgehead atoms. The van der Waals surface area contributed by atoms with Crippen molar-refractivity contribution in [3.8, 4) is 5.75 Å². The molecule has 2 amide bonds. The first-order chi connectivity index (χ1) is 12.2. The van der Waals surface area contributed by atoms with E-state index in [4.69, 9.17) is 9.47 Å². The lowest BCUT2D eigenvalue weighted by Crippen LogP contribution is -2.34. The Kier molecular flexibility index (Phi) is 5.55. The topological polar surface area (TPSA) is 68.6 Å². The van der Waals surface area contributed by atoms with Crippen molar-refractivity contribution in [2.75, 3.05) is 32.7 Å². The number of anilines is 1. The van der Waals surface area contributed by atoms with Gasteiger partial charge in [0.25, 0.3) is 0 Å². The first-order valence-corrected chi connectivity index (χ1v) is 8.44. The largest absolute Gasteiger partial charge is 0.497 e. The van der Waals surface area contributed by atoms with E-state index in [1.165, 1.54) is 0 Å². The van der Waals surface area contributed by atoms with E-state index < -0.39 is 0 Å². The second-order valence-corrected chi connectivity index (χ2v) is 6.04. The minimum atomic E-state index is -0.0930. The number of carbonyl (C=O) groups excluding carboxylic acids is 1. The van der Waals surface area contributed by atoms with Crippen molar-refractivity contribution in [1.29, 1.82) is 0 Å². The van der Waals surface area contributed by atoms with Crippen LogP contribution in [0.25, 0.3) is 0 Å². The maximum atomic E-state index is 12.7. The minimum Gasteiger partial charge on any atom is -0.497 e. The predicted molar refractivity (Wildman–Crippen MR) is 94.8 cm³/mol. The van der Waals surface area contributed by atoms with E-state index in [1.807, 2.05) is 35.4 Å². The normalized spacial score (nSPS) is 16.9. The Hall–Kier alpha value is -2.54. The van der Waals surface area contributed by atoms with Crippen LogP contribution in [-0.2, 0) is 11.3 Å². The third-order valence-corrected chi connectivity index (χ3v) is 4.42. The van der Waals surface area contributed by atoms with E-state index in [2.05, 4.69) is 10.4 Å². The van der Waals surface area contributed by atoms with Gasteiger partial charge in [0.2, 0.25) is 0 Å². The molecule has 1 atom stereocenters. The number of amides is 2. The molecule has 0 saturated carbocycles. The Labute approximate surface area is 147 Å². The molecule has 1 aromatic heterocycles. The molecular formula is C18H24N4O3. The first kappa shape index (κ1) is 17.3. The number of nitrogens with zero attached hydrogens (tertiary/aromatic N) is 3. The van der Waals surface area contributed by atoms with Gasteiger partial charge in [-0.3, -0.25) is 4.68 Å². The Morgan fingerprint density at radius 1 is 1.32 bits per heavy atom. The number of hydrogen-bond acceptors (Lipinski definition) is 4. The molecule has 134 valence electrons. The van der Waals surface area contributed by atoms with Crippen LogP contribution in [0.3, 0.4) is 0 Å². The SMILES string of the molecule is COCCn1cc(NC(=O)N2CCCC2c2ccc(OC)cc2)cn1. The fourth-order valence-electron chi connectivity index (χ4n) is 3.11. The quantitative estimate of drug-likeness (QED) is 0.875. The summed E-state index contributed by atoms with van der Waals surface area (Å²) in [6.07, 6.45) is 5.44. The molecule has 7 nitrogen and oxygen atoms in total. The predicted octanol–water partition coefficient (Wildman–Crippen LogP) is 2.91. The van der Waals surface area contributed by atoms with Crippen molar-refractivity contribution in [2.24, 2.45) is 0 Å². The van der Waals surface area contributed by atoms with Gasteiger partial charge in [-0.15, -0.1) is 0 Å². The van der Waals surface area contributed by atoms with Crippen LogP contribution in [0.15, 0.2) is 36.7 Å². The molecule has 1 N–H and O–H groups in total. The zero-order chi connectivity index (χ0) is 17.6.